The fourth-order valence-corrected chi connectivity index (χ4v) is 5.31. The van der Waals surface area contributed by atoms with E-state index < -0.39 is 60.0 Å². The highest BCUT2D eigenvalue weighted by atomic mass is 19.4. The molecular weight excluding hydrogens is 485 g/mol. The summed E-state index contributed by atoms with van der Waals surface area (Å²) in [4.78, 5) is 64.8. The summed E-state index contributed by atoms with van der Waals surface area (Å²) >= 11 is 0. The maximum atomic E-state index is 13.4. The molecular formula is C23H33F3N4O6. The Morgan fingerprint density at radius 2 is 1.83 bits per heavy atom. The zero-order chi connectivity index (χ0) is 26.8. The van der Waals surface area contributed by atoms with Gasteiger partial charge in [-0.2, -0.15) is 0 Å². The first-order valence-electron chi connectivity index (χ1n) is 12.1. The maximum Gasteiger partial charge on any atom is 0.522 e. The molecule has 5 atom stereocenters. The Bertz CT molecular complexity index is 903. The minimum absolute atomic E-state index is 0.00420. The molecule has 3 fully saturated rings. The molecule has 2 aliphatic heterocycles. The summed E-state index contributed by atoms with van der Waals surface area (Å²) < 4.78 is 41.2. The molecule has 1 saturated carbocycles. The lowest BCUT2D eigenvalue weighted by atomic mass is 9.92. The average molecular weight is 519 g/mol. The number of alkyl halides is 3. The van der Waals surface area contributed by atoms with Gasteiger partial charge in [-0.1, -0.05) is 6.42 Å². The Labute approximate surface area is 207 Å². The van der Waals surface area contributed by atoms with E-state index in [9.17, 15) is 37.1 Å². The van der Waals surface area contributed by atoms with E-state index in [1.807, 2.05) is 0 Å². The second-order valence-electron chi connectivity index (χ2n) is 10.7. The van der Waals surface area contributed by atoms with Gasteiger partial charge in [0.1, 0.15) is 12.6 Å². The highest BCUT2D eigenvalue weighted by molar-refractivity contribution is 6.35. The van der Waals surface area contributed by atoms with Crippen LogP contribution < -0.4 is 16.0 Å². The molecule has 2 saturated heterocycles. The molecule has 1 aliphatic carbocycles. The van der Waals surface area contributed by atoms with Crippen molar-refractivity contribution in [1.29, 1.82) is 0 Å². The highest BCUT2D eigenvalue weighted by Gasteiger charge is 2.51. The Morgan fingerprint density at radius 3 is 2.42 bits per heavy atom. The number of ketones is 1. The minimum Gasteiger partial charge on any atom is -0.356 e. The number of hydrogen-bond donors (Lipinski definition) is 3. The van der Waals surface area contributed by atoms with Crippen molar-refractivity contribution in [1.82, 2.24) is 20.9 Å². The molecule has 0 aromatic rings. The molecule has 13 heteroatoms. The summed E-state index contributed by atoms with van der Waals surface area (Å²) in [5, 5.41) is 7.66. The van der Waals surface area contributed by atoms with Gasteiger partial charge < -0.3 is 20.9 Å². The fourth-order valence-electron chi connectivity index (χ4n) is 5.31. The molecule has 0 aromatic heterocycles. The van der Waals surface area contributed by atoms with Gasteiger partial charge >= 0.3 is 18.2 Å². The van der Waals surface area contributed by atoms with Crippen LogP contribution in [-0.4, -0.2) is 78.0 Å². The van der Waals surface area contributed by atoms with Crippen LogP contribution in [-0.2, 0) is 28.7 Å². The largest absolute Gasteiger partial charge is 0.522 e. The van der Waals surface area contributed by atoms with Crippen molar-refractivity contribution in [2.75, 3.05) is 19.7 Å². The van der Waals surface area contributed by atoms with Crippen molar-refractivity contribution in [2.45, 2.75) is 76.9 Å². The summed E-state index contributed by atoms with van der Waals surface area (Å²) in [7, 11) is 0. The molecule has 0 spiro atoms. The monoisotopic (exact) mass is 518 g/mol. The Balaban J connectivity index is 1.78. The van der Waals surface area contributed by atoms with Gasteiger partial charge in [-0.25, -0.2) is 0 Å². The third-order valence-corrected chi connectivity index (χ3v) is 6.87. The SMILES string of the molecule is CC(C)(C)NC(=O)C(=O)N1CC2CCCC2C1C(=O)N[C@@H](CC1CCNC1=O)C(=O)COC(F)(F)F. The highest BCUT2D eigenvalue weighted by Crippen LogP contribution is 2.42. The standard InChI is InChI=1S/C23H33F3N4O6/c1-22(2,3)29-20(34)21(35)30-10-13-5-4-6-14(13)17(30)19(33)28-15(9-12-7-8-27-18(12)32)16(31)11-36-23(24,25)26/h12-15,17H,4-11H2,1-3H3,(H,27,32)(H,28,33)(H,29,34)/t12?,13?,14?,15-,17?/m0/s1. The first kappa shape index (κ1) is 27.9. The van der Waals surface area contributed by atoms with Gasteiger partial charge in [-0.05, 0) is 58.3 Å². The van der Waals surface area contributed by atoms with Gasteiger partial charge in [0, 0.05) is 24.5 Å². The molecule has 36 heavy (non-hydrogen) atoms. The van der Waals surface area contributed by atoms with Crippen LogP contribution in [0.1, 0.15) is 52.9 Å². The minimum atomic E-state index is -5.04. The number of likely N-dealkylation sites (tertiary alicyclic amines) is 1. The number of fused-ring (bicyclic) bond motifs is 1. The topological polar surface area (TPSA) is 134 Å². The number of carbonyl (C=O) groups excluding carboxylic acids is 5. The summed E-state index contributed by atoms with van der Waals surface area (Å²) in [6.07, 6.45) is -2.64. The number of ether oxygens (including phenoxy) is 1. The van der Waals surface area contributed by atoms with Crippen LogP contribution in [0.25, 0.3) is 0 Å². The average Bonchev–Trinajstić information content (AvgIpc) is 3.45. The van der Waals surface area contributed by atoms with Crippen LogP contribution in [0.4, 0.5) is 13.2 Å². The lowest BCUT2D eigenvalue weighted by Crippen LogP contribution is -2.57. The molecule has 3 rings (SSSR count). The van der Waals surface area contributed by atoms with E-state index in [2.05, 4.69) is 20.7 Å². The van der Waals surface area contributed by atoms with E-state index in [4.69, 9.17) is 0 Å². The van der Waals surface area contributed by atoms with Gasteiger partial charge in [-0.15, -0.1) is 13.2 Å². The van der Waals surface area contributed by atoms with Gasteiger partial charge in [0.15, 0.2) is 5.78 Å². The van der Waals surface area contributed by atoms with Crippen molar-refractivity contribution in [3.8, 4) is 0 Å². The van der Waals surface area contributed by atoms with E-state index >= 15 is 0 Å². The molecule has 3 N–H and O–H groups in total. The number of amides is 4. The van der Waals surface area contributed by atoms with Crippen LogP contribution in [0.2, 0.25) is 0 Å². The van der Waals surface area contributed by atoms with Crippen molar-refractivity contribution in [2.24, 2.45) is 17.8 Å². The molecule has 10 nitrogen and oxygen atoms in total. The number of halogens is 3. The zero-order valence-corrected chi connectivity index (χ0v) is 20.6. The van der Waals surface area contributed by atoms with Crippen molar-refractivity contribution < 1.29 is 41.9 Å². The maximum absolute atomic E-state index is 13.4. The van der Waals surface area contributed by atoms with Crippen molar-refractivity contribution in [3.05, 3.63) is 0 Å². The first-order chi connectivity index (χ1) is 16.7. The van der Waals surface area contributed by atoms with Crippen LogP contribution in [0.15, 0.2) is 0 Å². The summed E-state index contributed by atoms with van der Waals surface area (Å²) in [5.41, 5.74) is -0.683. The lowest BCUT2D eigenvalue weighted by Gasteiger charge is -2.30. The summed E-state index contributed by atoms with van der Waals surface area (Å²) in [6, 6.07) is -2.47. The van der Waals surface area contributed by atoms with Gasteiger partial charge in [-0.3, -0.25) is 28.7 Å². The normalized spacial score (nSPS) is 26.8. The predicted octanol–water partition coefficient (Wildman–Crippen LogP) is 0.645. The third kappa shape index (κ3) is 6.95. The fraction of sp³-hybridized carbons (Fsp3) is 0.783. The van der Waals surface area contributed by atoms with Crippen LogP contribution >= 0.6 is 0 Å². The van der Waals surface area contributed by atoms with Crippen LogP contribution in [0.5, 0.6) is 0 Å². The molecule has 3 aliphatic rings. The molecule has 4 amide bonds. The molecule has 0 bridgehead atoms. The third-order valence-electron chi connectivity index (χ3n) is 6.87. The second kappa shape index (κ2) is 10.7. The molecule has 0 aromatic carbocycles. The van der Waals surface area contributed by atoms with E-state index in [0.29, 0.717) is 19.4 Å². The quantitative estimate of drug-likeness (QED) is 0.424. The number of Topliss-reactive ketones (excluding diaryl/α,β-unsaturated/α-hetero) is 1. The van der Waals surface area contributed by atoms with E-state index in [1.165, 1.54) is 4.90 Å². The number of nitrogens with zero attached hydrogens (tertiary/aromatic N) is 1. The van der Waals surface area contributed by atoms with Gasteiger partial charge in [0.2, 0.25) is 11.8 Å². The van der Waals surface area contributed by atoms with Gasteiger partial charge in [0.05, 0.1) is 6.04 Å². The Morgan fingerprint density at radius 1 is 1.14 bits per heavy atom. The smallest absolute Gasteiger partial charge is 0.356 e. The Kier molecular flexibility index (Phi) is 8.31. The number of rotatable bonds is 7. The first-order valence-corrected chi connectivity index (χ1v) is 12.1. The van der Waals surface area contributed by atoms with Crippen LogP contribution in [0.3, 0.4) is 0 Å². The second-order valence-corrected chi connectivity index (χ2v) is 10.7. The molecule has 4 unspecified atom stereocenters. The van der Waals surface area contributed by atoms with E-state index in [1.54, 1.807) is 20.8 Å². The molecule has 2 heterocycles. The Hall–Kier alpha value is -2.70. The van der Waals surface area contributed by atoms with Gasteiger partial charge in [0.25, 0.3) is 0 Å². The number of hydrogen-bond acceptors (Lipinski definition) is 6. The predicted molar refractivity (Wildman–Crippen MR) is 119 cm³/mol. The van der Waals surface area contributed by atoms with Crippen molar-refractivity contribution in [3.63, 3.8) is 0 Å². The van der Waals surface area contributed by atoms with E-state index in [0.717, 1.165) is 12.8 Å². The zero-order valence-electron chi connectivity index (χ0n) is 20.6. The summed E-state index contributed by atoms with van der Waals surface area (Å²) in [6.45, 7) is 4.35. The van der Waals surface area contributed by atoms with Crippen LogP contribution in [0, 0.1) is 17.8 Å². The lowest BCUT2D eigenvalue weighted by molar-refractivity contribution is -0.321. The summed E-state index contributed by atoms with van der Waals surface area (Å²) in [5.74, 6) is -4.78. The van der Waals surface area contributed by atoms with E-state index in [-0.39, 0.29) is 30.7 Å². The number of carbonyl (C=O) groups is 5. The molecule has 0 radical (unpaired) electrons. The molecule has 202 valence electrons. The van der Waals surface area contributed by atoms with Crippen molar-refractivity contribution >= 4 is 29.4 Å². The number of nitrogens with one attached hydrogen (secondary N) is 3.